The summed E-state index contributed by atoms with van der Waals surface area (Å²) in [6, 6.07) is 24.0. The lowest BCUT2D eigenvalue weighted by molar-refractivity contribution is 0.0695. The zero-order chi connectivity index (χ0) is 25.1. The smallest absolute Gasteiger partial charge is 0.335 e. The maximum Gasteiger partial charge on any atom is 0.335 e. The molecule has 0 aliphatic rings. The monoisotopic (exact) mass is 527 g/mol. The Bertz CT molecular complexity index is 1580. The second kappa shape index (κ2) is 10.0. The third-order valence-electron chi connectivity index (χ3n) is 5.25. The lowest BCUT2D eigenvalue weighted by atomic mass is 10.00. The number of benzene rings is 3. The molecule has 180 valence electrons. The molecule has 0 unspecified atom stereocenters. The normalized spacial score (nSPS) is 11.8. The molecule has 3 aromatic carbocycles. The topological polar surface area (TPSA) is 118 Å². The van der Waals surface area contributed by atoms with Crippen LogP contribution in [-0.2, 0) is 32.7 Å². The first-order valence-electron chi connectivity index (χ1n) is 10.5. The molecule has 35 heavy (non-hydrogen) atoms. The molecule has 10 heteroatoms. The minimum atomic E-state index is -4.01. The van der Waals surface area contributed by atoms with Gasteiger partial charge in [0.2, 0.25) is 9.84 Å². The number of aryl methyl sites for hydroxylation is 2. The summed E-state index contributed by atoms with van der Waals surface area (Å²) in [5.41, 5.74) is 2.08. The highest BCUT2D eigenvalue weighted by Crippen LogP contribution is 2.31. The Labute approximate surface area is 207 Å². The van der Waals surface area contributed by atoms with Gasteiger partial charge in [-0.25, -0.2) is 21.6 Å². The number of nitrogens with one attached hydrogen (secondary N) is 1. The van der Waals surface area contributed by atoms with E-state index in [1.807, 2.05) is 6.07 Å². The first kappa shape index (κ1) is 24.6. The number of hydrogen-bond acceptors (Lipinski definition) is 6. The quantitative estimate of drug-likeness (QED) is 0.321. The molecule has 0 atom stereocenters. The van der Waals surface area contributed by atoms with Gasteiger partial charge in [0.05, 0.1) is 10.5 Å². The highest BCUT2D eigenvalue weighted by Gasteiger charge is 2.24. The molecule has 0 radical (unpaired) electrons. The van der Waals surface area contributed by atoms with Gasteiger partial charge in [-0.05, 0) is 66.4 Å². The van der Waals surface area contributed by atoms with Gasteiger partial charge in [-0.1, -0.05) is 48.5 Å². The highest BCUT2D eigenvalue weighted by molar-refractivity contribution is 7.96. The van der Waals surface area contributed by atoms with Crippen LogP contribution < -0.4 is 4.72 Å². The number of anilines is 1. The summed E-state index contributed by atoms with van der Waals surface area (Å²) in [4.78, 5) is 11.5. The van der Waals surface area contributed by atoms with Gasteiger partial charge < -0.3 is 5.11 Å². The zero-order valence-corrected chi connectivity index (χ0v) is 20.7. The Balaban J connectivity index is 1.50. The van der Waals surface area contributed by atoms with Crippen molar-refractivity contribution >= 4 is 42.9 Å². The zero-order valence-electron chi connectivity index (χ0n) is 18.3. The Morgan fingerprint density at radius 2 is 1.46 bits per heavy atom. The largest absolute Gasteiger partial charge is 0.478 e. The Kier molecular flexibility index (Phi) is 7.06. The van der Waals surface area contributed by atoms with Gasteiger partial charge in [0.15, 0.2) is 0 Å². The minimum absolute atomic E-state index is 0.0603. The van der Waals surface area contributed by atoms with E-state index in [-0.39, 0.29) is 18.9 Å². The summed E-state index contributed by atoms with van der Waals surface area (Å²) in [6.45, 7) is 0. The lowest BCUT2D eigenvalue weighted by Crippen LogP contribution is -2.11. The summed E-state index contributed by atoms with van der Waals surface area (Å²) in [7, 11) is -7.83. The Morgan fingerprint density at radius 1 is 0.771 bits per heavy atom. The van der Waals surface area contributed by atoms with Gasteiger partial charge in [0, 0.05) is 5.69 Å². The van der Waals surface area contributed by atoms with E-state index >= 15 is 0 Å². The number of thiophene rings is 1. The van der Waals surface area contributed by atoms with Crippen LogP contribution in [0.4, 0.5) is 5.69 Å². The van der Waals surface area contributed by atoms with Crippen molar-refractivity contribution in [2.24, 2.45) is 0 Å². The van der Waals surface area contributed by atoms with Crippen LogP contribution in [0.3, 0.4) is 0 Å². The fourth-order valence-electron chi connectivity index (χ4n) is 3.53. The van der Waals surface area contributed by atoms with Crippen molar-refractivity contribution in [1.82, 2.24) is 0 Å². The number of carboxylic acids is 1. The molecular weight excluding hydrogens is 506 g/mol. The van der Waals surface area contributed by atoms with Crippen molar-refractivity contribution in [3.05, 3.63) is 108 Å². The van der Waals surface area contributed by atoms with Crippen LogP contribution in [0.1, 0.15) is 21.5 Å². The number of sulfone groups is 1. The molecular formula is C25H21NO6S3. The van der Waals surface area contributed by atoms with Crippen LogP contribution in [0.25, 0.3) is 0 Å². The fraction of sp³-hybridized carbons (Fsp3) is 0.0800. The van der Waals surface area contributed by atoms with Crippen molar-refractivity contribution in [2.75, 3.05) is 4.72 Å². The lowest BCUT2D eigenvalue weighted by Gasteiger charge is -2.09. The molecule has 0 saturated carbocycles. The van der Waals surface area contributed by atoms with Gasteiger partial charge in [-0.2, -0.15) is 0 Å². The highest BCUT2D eigenvalue weighted by atomic mass is 32.3. The summed E-state index contributed by atoms with van der Waals surface area (Å²) < 4.78 is 53.8. The summed E-state index contributed by atoms with van der Waals surface area (Å²) in [5.74, 6) is -0.994. The third kappa shape index (κ3) is 5.61. The summed E-state index contributed by atoms with van der Waals surface area (Å²) >= 11 is 0.683. The standard InChI is InChI=1S/C25H21NO6S3/c27-25(28)22-12-5-4-8-19(22)14-13-18-7-6-9-20(17-18)26-35(31,32)24-16-15-23(33-24)34(29,30)21-10-2-1-3-11-21/h1-12,15-17,26H,13-14H2,(H,27,28). The maximum atomic E-state index is 12.9. The molecule has 7 nitrogen and oxygen atoms in total. The van der Waals surface area contributed by atoms with Gasteiger partial charge in [-0.15, -0.1) is 11.3 Å². The van der Waals surface area contributed by atoms with E-state index in [1.54, 1.807) is 60.7 Å². The second-order valence-electron chi connectivity index (χ2n) is 7.66. The molecule has 0 aliphatic carbocycles. The van der Waals surface area contributed by atoms with Gasteiger partial charge in [-0.3, -0.25) is 4.72 Å². The van der Waals surface area contributed by atoms with E-state index in [2.05, 4.69) is 4.72 Å². The molecule has 1 heterocycles. The molecule has 2 N–H and O–H groups in total. The van der Waals surface area contributed by atoms with Crippen molar-refractivity contribution in [3.8, 4) is 0 Å². The summed E-state index contributed by atoms with van der Waals surface area (Å²) in [6.07, 6.45) is 0.989. The number of rotatable bonds is 9. The van der Waals surface area contributed by atoms with Crippen LogP contribution in [0, 0.1) is 0 Å². The fourth-order valence-corrected chi connectivity index (χ4v) is 7.77. The van der Waals surface area contributed by atoms with Crippen LogP contribution >= 0.6 is 11.3 Å². The van der Waals surface area contributed by atoms with Gasteiger partial charge in [0.1, 0.15) is 8.42 Å². The van der Waals surface area contributed by atoms with Crippen LogP contribution in [0.5, 0.6) is 0 Å². The molecule has 0 fully saturated rings. The SMILES string of the molecule is O=C(O)c1ccccc1CCc1cccc(NS(=O)(=O)c2ccc(S(=O)(=O)c3ccccc3)s2)c1. The van der Waals surface area contributed by atoms with E-state index in [1.165, 1.54) is 24.3 Å². The van der Waals surface area contributed by atoms with Crippen LogP contribution in [0.2, 0.25) is 0 Å². The number of aromatic carboxylic acids is 1. The molecule has 0 aliphatic heterocycles. The number of carbonyl (C=O) groups is 1. The molecule has 0 saturated heterocycles. The van der Waals surface area contributed by atoms with E-state index < -0.39 is 25.8 Å². The Morgan fingerprint density at radius 3 is 2.20 bits per heavy atom. The number of carboxylic acid groups (broad SMARTS) is 1. The molecule has 0 amide bonds. The van der Waals surface area contributed by atoms with Crippen molar-refractivity contribution in [2.45, 2.75) is 26.2 Å². The van der Waals surface area contributed by atoms with E-state index in [9.17, 15) is 26.7 Å². The third-order valence-corrected chi connectivity index (χ3v) is 10.5. The first-order chi connectivity index (χ1) is 16.7. The summed E-state index contributed by atoms with van der Waals surface area (Å²) in [5, 5.41) is 9.35. The molecule has 4 aromatic rings. The predicted octanol–water partition coefficient (Wildman–Crippen LogP) is 4.87. The molecule has 0 bridgehead atoms. The first-order valence-corrected chi connectivity index (χ1v) is 14.3. The average Bonchev–Trinajstić information content (AvgIpc) is 3.36. The predicted molar refractivity (Wildman–Crippen MR) is 134 cm³/mol. The van der Waals surface area contributed by atoms with Gasteiger partial charge >= 0.3 is 5.97 Å². The molecule has 0 spiro atoms. The van der Waals surface area contributed by atoms with Crippen molar-refractivity contribution < 1.29 is 26.7 Å². The number of sulfonamides is 1. The van der Waals surface area contributed by atoms with Crippen LogP contribution in [-0.4, -0.2) is 27.9 Å². The minimum Gasteiger partial charge on any atom is -0.478 e. The van der Waals surface area contributed by atoms with E-state index in [4.69, 9.17) is 0 Å². The Hall–Kier alpha value is -3.47. The van der Waals surface area contributed by atoms with E-state index in [0.717, 1.165) is 5.56 Å². The number of hydrogen-bond donors (Lipinski definition) is 2. The molecule has 4 rings (SSSR count). The average molecular weight is 528 g/mol. The maximum absolute atomic E-state index is 12.9. The van der Waals surface area contributed by atoms with Crippen molar-refractivity contribution in [3.63, 3.8) is 0 Å². The van der Waals surface area contributed by atoms with Crippen molar-refractivity contribution in [1.29, 1.82) is 0 Å². The molecule has 1 aromatic heterocycles. The van der Waals surface area contributed by atoms with Crippen LogP contribution in [0.15, 0.2) is 104 Å². The van der Waals surface area contributed by atoms with E-state index in [0.29, 0.717) is 35.4 Å². The van der Waals surface area contributed by atoms with Gasteiger partial charge in [0.25, 0.3) is 10.0 Å². The second-order valence-corrected chi connectivity index (χ2v) is 12.8.